The van der Waals surface area contributed by atoms with E-state index in [0.717, 1.165) is 15.3 Å². The molecule has 2 heterocycles. The van der Waals surface area contributed by atoms with E-state index in [1.807, 2.05) is 36.4 Å². The molecule has 0 atom stereocenters. The maximum absolute atomic E-state index is 12.9. The number of fused-ring (bicyclic) bond motifs is 2. The maximum Gasteiger partial charge on any atom is 0.342 e. The van der Waals surface area contributed by atoms with Crippen molar-refractivity contribution in [2.45, 2.75) is 20.4 Å². The number of nitrogens with one attached hydrogen (secondary N) is 1. The van der Waals surface area contributed by atoms with Crippen LogP contribution < -0.4 is 10.9 Å². The molecule has 2 aromatic carbocycles. The molecule has 0 fully saturated rings. The van der Waals surface area contributed by atoms with Crippen LogP contribution >= 0.6 is 0 Å². The fourth-order valence-electron chi connectivity index (χ4n) is 3.32. The summed E-state index contributed by atoms with van der Waals surface area (Å²) in [5, 5.41) is 4.83. The summed E-state index contributed by atoms with van der Waals surface area (Å²) < 4.78 is 11.6. The summed E-state index contributed by atoms with van der Waals surface area (Å²) in [7, 11) is 0. The number of carbonyl (C=O) groups excluding carboxylic acids is 2. The quantitative estimate of drug-likeness (QED) is 0.511. The minimum absolute atomic E-state index is 0.00644. The molecular formula is C22H19N3O5. The van der Waals surface area contributed by atoms with E-state index >= 15 is 0 Å². The summed E-state index contributed by atoms with van der Waals surface area (Å²) in [5.41, 5.74) is 0.140. The van der Waals surface area contributed by atoms with Gasteiger partial charge in [-0.3, -0.25) is 14.2 Å². The SMILES string of the molecule is CCOC(=O)c1c(C)oc2ncn(CC(=O)Nc3ccc4ccccc4c3)c(=O)c12. The molecule has 1 amide bonds. The molecule has 4 rings (SSSR count). The van der Waals surface area contributed by atoms with Crippen LogP contribution in [0.5, 0.6) is 0 Å². The molecule has 0 saturated carbocycles. The Hall–Kier alpha value is -3.94. The molecule has 1 N–H and O–H groups in total. The molecule has 152 valence electrons. The molecule has 2 aromatic heterocycles. The van der Waals surface area contributed by atoms with Crippen molar-refractivity contribution in [1.29, 1.82) is 0 Å². The van der Waals surface area contributed by atoms with Crippen molar-refractivity contribution in [3.8, 4) is 0 Å². The van der Waals surface area contributed by atoms with Gasteiger partial charge in [-0.05, 0) is 36.8 Å². The van der Waals surface area contributed by atoms with Gasteiger partial charge in [-0.25, -0.2) is 9.78 Å². The molecule has 0 aliphatic heterocycles. The Morgan fingerprint density at radius 2 is 1.93 bits per heavy atom. The Labute approximate surface area is 171 Å². The Bertz CT molecular complexity index is 1340. The molecule has 4 aromatic rings. The molecule has 0 aliphatic carbocycles. The van der Waals surface area contributed by atoms with Crippen LogP contribution in [0.1, 0.15) is 23.0 Å². The maximum atomic E-state index is 12.9. The minimum Gasteiger partial charge on any atom is -0.462 e. The number of amides is 1. The van der Waals surface area contributed by atoms with E-state index in [1.54, 1.807) is 19.9 Å². The first kappa shape index (κ1) is 19.4. The van der Waals surface area contributed by atoms with Gasteiger partial charge < -0.3 is 14.5 Å². The van der Waals surface area contributed by atoms with Crippen LogP contribution in [0.4, 0.5) is 5.69 Å². The van der Waals surface area contributed by atoms with Gasteiger partial charge in [-0.2, -0.15) is 0 Å². The third kappa shape index (κ3) is 3.55. The smallest absolute Gasteiger partial charge is 0.342 e. The second kappa shape index (κ2) is 7.82. The Balaban J connectivity index is 1.62. The highest BCUT2D eigenvalue weighted by Crippen LogP contribution is 2.22. The molecule has 0 bridgehead atoms. The lowest BCUT2D eigenvalue weighted by atomic mass is 10.1. The van der Waals surface area contributed by atoms with E-state index in [4.69, 9.17) is 9.15 Å². The number of carbonyl (C=O) groups is 2. The lowest BCUT2D eigenvalue weighted by Gasteiger charge is -2.08. The van der Waals surface area contributed by atoms with Crippen molar-refractivity contribution >= 4 is 39.4 Å². The number of anilines is 1. The monoisotopic (exact) mass is 405 g/mol. The van der Waals surface area contributed by atoms with Crippen LogP contribution in [0.2, 0.25) is 0 Å². The molecular weight excluding hydrogens is 386 g/mol. The molecule has 0 saturated heterocycles. The number of benzene rings is 2. The highest BCUT2D eigenvalue weighted by molar-refractivity contribution is 6.03. The van der Waals surface area contributed by atoms with Gasteiger partial charge >= 0.3 is 5.97 Å². The fourth-order valence-corrected chi connectivity index (χ4v) is 3.32. The van der Waals surface area contributed by atoms with Gasteiger partial charge in [0.05, 0.1) is 6.61 Å². The van der Waals surface area contributed by atoms with Crippen molar-refractivity contribution in [1.82, 2.24) is 9.55 Å². The van der Waals surface area contributed by atoms with Gasteiger partial charge in [-0.1, -0.05) is 30.3 Å². The predicted octanol–water partition coefficient (Wildman–Crippen LogP) is 3.27. The van der Waals surface area contributed by atoms with Crippen LogP contribution in [0.3, 0.4) is 0 Å². The number of esters is 1. The van der Waals surface area contributed by atoms with Crippen LogP contribution in [0.15, 0.2) is 58.0 Å². The number of furan rings is 1. The minimum atomic E-state index is -0.661. The third-order valence-electron chi connectivity index (χ3n) is 4.68. The lowest BCUT2D eigenvalue weighted by molar-refractivity contribution is -0.116. The average Bonchev–Trinajstić information content (AvgIpc) is 3.07. The zero-order valence-corrected chi connectivity index (χ0v) is 16.5. The van der Waals surface area contributed by atoms with E-state index in [1.165, 1.54) is 6.33 Å². The van der Waals surface area contributed by atoms with Gasteiger partial charge in [0, 0.05) is 5.69 Å². The number of hydrogen-bond donors (Lipinski definition) is 1. The highest BCUT2D eigenvalue weighted by Gasteiger charge is 2.24. The number of hydrogen-bond acceptors (Lipinski definition) is 6. The van der Waals surface area contributed by atoms with E-state index < -0.39 is 17.4 Å². The van der Waals surface area contributed by atoms with Gasteiger partial charge in [0.15, 0.2) is 0 Å². The molecule has 8 nitrogen and oxygen atoms in total. The van der Waals surface area contributed by atoms with Crippen LogP contribution in [0.25, 0.3) is 21.9 Å². The van der Waals surface area contributed by atoms with Crippen LogP contribution in [-0.2, 0) is 16.1 Å². The van der Waals surface area contributed by atoms with Crippen LogP contribution in [-0.4, -0.2) is 28.0 Å². The summed E-state index contributed by atoms with van der Waals surface area (Å²) in [4.78, 5) is 41.7. The normalized spacial score (nSPS) is 11.0. The van der Waals surface area contributed by atoms with E-state index in [-0.39, 0.29) is 35.6 Å². The Morgan fingerprint density at radius 1 is 1.17 bits per heavy atom. The average molecular weight is 405 g/mol. The molecule has 0 radical (unpaired) electrons. The first-order chi connectivity index (χ1) is 14.5. The molecule has 8 heteroatoms. The summed E-state index contributed by atoms with van der Waals surface area (Å²) in [5.74, 6) is -0.816. The largest absolute Gasteiger partial charge is 0.462 e. The first-order valence-corrected chi connectivity index (χ1v) is 9.42. The summed E-state index contributed by atoms with van der Waals surface area (Å²) >= 11 is 0. The molecule has 0 aliphatic rings. The second-order valence-electron chi connectivity index (χ2n) is 6.72. The zero-order chi connectivity index (χ0) is 21.3. The van der Waals surface area contributed by atoms with Gasteiger partial charge in [0.25, 0.3) is 5.56 Å². The second-order valence-corrected chi connectivity index (χ2v) is 6.72. The molecule has 30 heavy (non-hydrogen) atoms. The third-order valence-corrected chi connectivity index (χ3v) is 4.68. The predicted molar refractivity (Wildman–Crippen MR) is 112 cm³/mol. The number of ether oxygens (including phenoxy) is 1. The van der Waals surface area contributed by atoms with E-state index in [9.17, 15) is 14.4 Å². The standard InChI is InChI=1S/C22H19N3O5/c1-3-29-22(28)18-13(2)30-20-19(18)21(27)25(12-23-20)11-17(26)24-16-9-8-14-6-4-5-7-15(14)10-16/h4-10,12H,3,11H2,1-2H3,(H,24,26). The fraction of sp³-hybridized carbons (Fsp3) is 0.182. The van der Waals surface area contributed by atoms with Crippen molar-refractivity contribution in [2.75, 3.05) is 11.9 Å². The highest BCUT2D eigenvalue weighted by atomic mass is 16.5. The first-order valence-electron chi connectivity index (χ1n) is 9.42. The molecule has 0 spiro atoms. The zero-order valence-electron chi connectivity index (χ0n) is 16.5. The van der Waals surface area contributed by atoms with Crippen molar-refractivity contribution < 1.29 is 18.7 Å². The molecule has 0 unspecified atom stereocenters. The summed E-state index contributed by atoms with van der Waals surface area (Å²) in [6.07, 6.45) is 1.22. The van der Waals surface area contributed by atoms with Crippen molar-refractivity contribution in [3.63, 3.8) is 0 Å². The number of aryl methyl sites for hydroxylation is 1. The van der Waals surface area contributed by atoms with Crippen molar-refractivity contribution in [2.24, 2.45) is 0 Å². The van der Waals surface area contributed by atoms with Crippen LogP contribution in [0, 0.1) is 6.92 Å². The lowest BCUT2D eigenvalue weighted by Crippen LogP contribution is -2.28. The number of aromatic nitrogens is 2. The topological polar surface area (TPSA) is 103 Å². The van der Waals surface area contributed by atoms with Gasteiger partial charge in [0.1, 0.15) is 29.6 Å². The Morgan fingerprint density at radius 3 is 2.70 bits per heavy atom. The summed E-state index contributed by atoms with van der Waals surface area (Å²) in [6, 6.07) is 13.4. The number of rotatable bonds is 5. The number of nitrogens with zero attached hydrogens (tertiary/aromatic N) is 2. The van der Waals surface area contributed by atoms with E-state index in [2.05, 4.69) is 10.3 Å². The van der Waals surface area contributed by atoms with Gasteiger partial charge in [0.2, 0.25) is 11.6 Å². The van der Waals surface area contributed by atoms with Gasteiger partial charge in [-0.15, -0.1) is 0 Å². The van der Waals surface area contributed by atoms with Crippen molar-refractivity contribution in [3.05, 3.63) is 70.5 Å². The van der Waals surface area contributed by atoms with E-state index in [0.29, 0.717) is 5.69 Å². The Kier molecular flexibility index (Phi) is 5.05. The summed E-state index contributed by atoms with van der Waals surface area (Å²) in [6.45, 7) is 3.13.